The van der Waals surface area contributed by atoms with Gasteiger partial charge in [0.05, 0.1) is 0 Å². The third kappa shape index (κ3) is 2.09. The first-order valence-electron chi connectivity index (χ1n) is 3.85. The Morgan fingerprint density at radius 2 is 2.00 bits per heavy atom. The van der Waals surface area contributed by atoms with Crippen molar-refractivity contribution in [3.05, 3.63) is 36.2 Å². The van der Waals surface area contributed by atoms with Crippen molar-refractivity contribution in [1.29, 1.82) is 0 Å². The molecule has 2 aromatic rings. The van der Waals surface area contributed by atoms with Crippen molar-refractivity contribution in [3.8, 4) is 0 Å². The molecule has 1 aromatic heterocycles. The molecule has 0 radical (unpaired) electrons. The van der Waals surface area contributed by atoms with Gasteiger partial charge in [-0.3, -0.25) is 0 Å². The number of hydrogen-bond donors (Lipinski definition) is 0. The van der Waals surface area contributed by atoms with E-state index in [-0.39, 0.29) is 0 Å². The molecule has 3 nitrogen and oxygen atoms in total. The van der Waals surface area contributed by atoms with Crippen molar-refractivity contribution in [2.45, 2.75) is 17.0 Å². The number of aromatic nitrogens is 2. The number of hydrogen-bond acceptors (Lipinski definition) is 4. The van der Waals surface area contributed by atoms with Crippen molar-refractivity contribution in [2.24, 2.45) is 0 Å². The van der Waals surface area contributed by atoms with E-state index >= 15 is 0 Å². The molecule has 0 aliphatic heterocycles. The summed E-state index contributed by atoms with van der Waals surface area (Å²) in [6.45, 7) is 2.06. The van der Waals surface area contributed by atoms with Crippen molar-refractivity contribution in [3.63, 3.8) is 0 Å². The number of benzene rings is 1. The monoisotopic (exact) mass is 192 g/mol. The molecule has 66 valence electrons. The fraction of sp³-hybridized carbons (Fsp3) is 0.111. The first kappa shape index (κ1) is 8.31. The molecular weight excluding hydrogens is 184 g/mol. The first-order chi connectivity index (χ1) is 6.34. The Balaban J connectivity index is 2.15. The van der Waals surface area contributed by atoms with Crippen LogP contribution in [0, 0.1) is 6.92 Å². The van der Waals surface area contributed by atoms with Crippen molar-refractivity contribution < 1.29 is 4.42 Å². The summed E-state index contributed by atoms with van der Waals surface area (Å²) < 4.78 is 5.01. The largest absolute Gasteiger partial charge is 0.419 e. The van der Waals surface area contributed by atoms with Crippen LogP contribution in [0.25, 0.3) is 0 Å². The standard InChI is InChI=1S/C9H8N2OS/c1-7-2-4-8(5-3-7)13-9-11-10-6-12-9/h2-6H,1H3. The van der Waals surface area contributed by atoms with Crippen LogP contribution in [0.15, 0.2) is 45.2 Å². The SMILES string of the molecule is Cc1ccc(Sc2nnco2)cc1. The molecule has 1 aromatic carbocycles. The van der Waals surface area contributed by atoms with Gasteiger partial charge in [0.15, 0.2) is 0 Å². The third-order valence-corrected chi connectivity index (χ3v) is 2.43. The zero-order valence-electron chi connectivity index (χ0n) is 7.10. The van der Waals surface area contributed by atoms with Crippen LogP contribution in [0.4, 0.5) is 0 Å². The van der Waals surface area contributed by atoms with Crippen LogP contribution >= 0.6 is 11.8 Å². The molecule has 0 aliphatic rings. The van der Waals surface area contributed by atoms with Crippen molar-refractivity contribution in [2.75, 3.05) is 0 Å². The van der Waals surface area contributed by atoms with Gasteiger partial charge in [0, 0.05) is 4.90 Å². The molecule has 0 saturated carbocycles. The average molecular weight is 192 g/mol. The third-order valence-electron chi connectivity index (χ3n) is 1.57. The fourth-order valence-corrected chi connectivity index (χ4v) is 1.57. The van der Waals surface area contributed by atoms with Crippen LogP contribution in [-0.4, -0.2) is 10.2 Å². The second kappa shape index (κ2) is 3.62. The Morgan fingerprint density at radius 1 is 1.23 bits per heavy atom. The van der Waals surface area contributed by atoms with E-state index in [2.05, 4.69) is 29.3 Å². The minimum Gasteiger partial charge on any atom is -0.419 e. The van der Waals surface area contributed by atoms with E-state index in [0.717, 1.165) is 4.90 Å². The average Bonchev–Trinajstić information content (AvgIpc) is 2.62. The van der Waals surface area contributed by atoms with Gasteiger partial charge in [0.2, 0.25) is 6.39 Å². The molecule has 0 atom stereocenters. The molecule has 4 heteroatoms. The van der Waals surface area contributed by atoms with Crippen LogP contribution in [-0.2, 0) is 0 Å². The van der Waals surface area contributed by atoms with E-state index in [1.165, 1.54) is 23.7 Å². The molecular formula is C9H8N2OS. The van der Waals surface area contributed by atoms with Gasteiger partial charge >= 0.3 is 0 Å². The van der Waals surface area contributed by atoms with Crippen LogP contribution < -0.4 is 0 Å². The summed E-state index contributed by atoms with van der Waals surface area (Å²) in [5.74, 6) is 0. The summed E-state index contributed by atoms with van der Waals surface area (Å²) in [7, 11) is 0. The van der Waals surface area contributed by atoms with E-state index in [0.29, 0.717) is 5.22 Å². The van der Waals surface area contributed by atoms with E-state index < -0.39 is 0 Å². The molecule has 13 heavy (non-hydrogen) atoms. The summed E-state index contributed by atoms with van der Waals surface area (Å²) >= 11 is 1.46. The van der Waals surface area contributed by atoms with Crippen molar-refractivity contribution >= 4 is 11.8 Å². The van der Waals surface area contributed by atoms with Gasteiger partial charge in [-0.05, 0) is 30.8 Å². The molecule has 0 fully saturated rings. The van der Waals surface area contributed by atoms with E-state index in [1.54, 1.807) is 0 Å². The summed E-state index contributed by atoms with van der Waals surface area (Å²) in [6.07, 6.45) is 1.33. The molecule has 0 bridgehead atoms. The lowest BCUT2D eigenvalue weighted by Gasteiger charge is -1.96. The maximum Gasteiger partial charge on any atom is 0.281 e. The lowest BCUT2D eigenvalue weighted by Crippen LogP contribution is -1.74. The topological polar surface area (TPSA) is 38.9 Å². The highest BCUT2D eigenvalue weighted by Gasteiger charge is 2.00. The Morgan fingerprint density at radius 3 is 2.62 bits per heavy atom. The van der Waals surface area contributed by atoms with Crippen LogP contribution in [0.5, 0.6) is 0 Å². The molecule has 1 heterocycles. The molecule has 0 unspecified atom stereocenters. The Kier molecular flexibility index (Phi) is 2.31. The summed E-state index contributed by atoms with van der Waals surface area (Å²) in [4.78, 5) is 1.11. The highest BCUT2D eigenvalue weighted by Crippen LogP contribution is 2.25. The zero-order valence-corrected chi connectivity index (χ0v) is 7.91. The zero-order chi connectivity index (χ0) is 9.10. The lowest BCUT2D eigenvalue weighted by molar-refractivity contribution is 0.453. The number of rotatable bonds is 2. The predicted octanol–water partition coefficient (Wildman–Crippen LogP) is 2.53. The van der Waals surface area contributed by atoms with E-state index in [9.17, 15) is 0 Å². The maximum atomic E-state index is 5.01. The fourth-order valence-electron chi connectivity index (χ4n) is 0.915. The predicted molar refractivity (Wildman–Crippen MR) is 49.6 cm³/mol. The number of nitrogens with zero attached hydrogens (tertiary/aromatic N) is 2. The number of aryl methyl sites for hydroxylation is 1. The van der Waals surface area contributed by atoms with Gasteiger partial charge in [-0.15, -0.1) is 10.2 Å². The van der Waals surface area contributed by atoms with Gasteiger partial charge in [0.1, 0.15) is 0 Å². The van der Waals surface area contributed by atoms with Gasteiger partial charge in [-0.2, -0.15) is 0 Å². The minimum atomic E-state index is 0.573. The summed E-state index contributed by atoms with van der Waals surface area (Å²) in [6, 6.07) is 8.17. The Hall–Kier alpha value is -1.29. The second-order valence-electron chi connectivity index (χ2n) is 2.62. The normalized spacial score (nSPS) is 10.2. The quantitative estimate of drug-likeness (QED) is 0.733. The van der Waals surface area contributed by atoms with Gasteiger partial charge < -0.3 is 4.42 Å². The van der Waals surface area contributed by atoms with Gasteiger partial charge in [-0.1, -0.05) is 17.7 Å². The van der Waals surface area contributed by atoms with Crippen LogP contribution in [0.3, 0.4) is 0 Å². The van der Waals surface area contributed by atoms with Crippen LogP contribution in [0.1, 0.15) is 5.56 Å². The second-order valence-corrected chi connectivity index (χ2v) is 3.64. The van der Waals surface area contributed by atoms with Gasteiger partial charge in [-0.25, -0.2) is 0 Å². The summed E-state index contributed by atoms with van der Waals surface area (Å²) in [5.41, 5.74) is 1.25. The highest BCUT2D eigenvalue weighted by atomic mass is 32.2. The highest BCUT2D eigenvalue weighted by molar-refractivity contribution is 7.99. The smallest absolute Gasteiger partial charge is 0.281 e. The summed E-state index contributed by atoms with van der Waals surface area (Å²) in [5, 5.41) is 7.95. The molecule has 2 rings (SSSR count). The molecule has 0 N–H and O–H groups in total. The van der Waals surface area contributed by atoms with E-state index in [1.807, 2.05) is 12.1 Å². The molecule has 0 aliphatic carbocycles. The first-order valence-corrected chi connectivity index (χ1v) is 4.67. The minimum absolute atomic E-state index is 0.573. The molecule has 0 amide bonds. The molecule has 0 saturated heterocycles. The van der Waals surface area contributed by atoms with Crippen LogP contribution in [0.2, 0.25) is 0 Å². The Bertz CT molecular complexity index is 369. The lowest BCUT2D eigenvalue weighted by atomic mass is 10.2. The molecule has 0 spiro atoms. The van der Waals surface area contributed by atoms with Crippen molar-refractivity contribution in [1.82, 2.24) is 10.2 Å². The Labute approximate surface area is 80.2 Å². The van der Waals surface area contributed by atoms with Gasteiger partial charge in [0.25, 0.3) is 5.22 Å². The van der Waals surface area contributed by atoms with E-state index in [4.69, 9.17) is 4.42 Å². The maximum absolute atomic E-state index is 5.01.